The van der Waals surface area contributed by atoms with E-state index in [4.69, 9.17) is 9.05 Å². The Morgan fingerprint density at radius 2 is 1.67 bits per heavy atom. The molecule has 0 spiro atoms. The molecule has 0 aromatic carbocycles. The van der Waals surface area contributed by atoms with Crippen molar-refractivity contribution >= 4 is 16.1 Å². The zero-order chi connectivity index (χ0) is 15.1. The highest BCUT2D eigenvalue weighted by molar-refractivity contribution is 7.61. The minimum absolute atomic E-state index is 0.0994. The second-order valence-corrected chi connectivity index (χ2v) is 10.8. The van der Waals surface area contributed by atoms with Crippen molar-refractivity contribution in [3.05, 3.63) is 0 Å². The van der Waals surface area contributed by atoms with Crippen LogP contribution in [-0.4, -0.2) is 17.1 Å². The summed E-state index contributed by atoms with van der Waals surface area (Å²) in [5.74, 6) is 1.08. The van der Waals surface area contributed by atoms with E-state index in [2.05, 4.69) is 0 Å². The topological polar surface area (TPSA) is 52.6 Å². The molecule has 1 heterocycles. The maximum atomic E-state index is 13.8. The van der Waals surface area contributed by atoms with Gasteiger partial charge in [0.15, 0.2) is 5.34 Å². The molecule has 4 nitrogen and oxygen atoms in total. The molecule has 6 heteroatoms. The Morgan fingerprint density at radius 3 is 2.38 bits per heavy atom. The molecule has 0 amide bonds. The quantitative estimate of drug-likeness (QED) is 0.652. The highest BCUT2D eigenvalue weighted by atomic mass is 31.2. The molecule has 1 saturated heterocycles. The van der Waals surface area contributed by atoms with Crippen LogP contribution < -0.4 is 0 Å². The zero-order valence-electron chi connectivity index (χ0n) is 13.0. The third kappa shape index (κ3) is 2.67. The summed E-state index contributed by atoms with van der Waals surface area (Å²) in [6.07, 6.45) is 9.29. The van der Waals surface area contributed by atoms with E-state index in [9.17, 15) is 9.13 Å². The van der Waals surface area contributed by atoms with Gasteiger partial charge in [0.2, 0.25) is 7.37 Å². The lowest BCUT2D eigenvalue weighted by atomic mass is 9.71. The van der Waals surface area contributed by atoms with Gasteiger partial charge in [-0.05, 0) is 51.4 Å². The number of hydrogen-bond donors (Lipinski definition) is 0. The molecule has 120 valence electrons. The first-order valence-electron chi connectivity index (χ1n) is 8.28. The predicted molar refractivity (Wildman–Crippen MR) is 83.0 cm³/mol. The summed E-state index contributed by atoms with van der Waals surface area (Å²) < 4.78 is 36.3. The Hall–Kier alpha value is 0.250. The summed E-state index contributed by atoms with van der Waals surface area (Å²) in [5.41, 5.74) is 0.0994. The molecule has 2 aliphatic carbocycles. The standard InChI is InChI=1S/C15H26O4P2/c1-15(2,19-20-16)21(17)14-10-6-4-8-12(14)11-7-3-5-9-13(11)18-21/h11-14H,3-10H2,1-2H3. The van der Waals surface area contributed by atoms with E-state index in [0.717, 1.165) is 19.3 Å². The molecule has 5 atom stereocenters. The molecule has 0 aromatic heterocycles. The van der Waals surface area contributed by atoms with Crippen molar-refractivity contribution in [2.45, 2.75) is 82.3 Å². The van der Waals surface area contributed by atoms with E-state index in [1.54, 1.807) is 13.8 Å². The second-order valence-electron chi connectivity index (χ2n) is 7.32. The van der Waals surface area contributed by atoms with E-state index < -0.39 is 21.4 Å². The first kappa shape index (κ1) is 16.1. The maximum absolute atomic E-state index is 13.8. The van der Waals surface area contributed by atoms with Gasteiger partial charge in [0.05, 0.1) is 6.10 Å². The van der Waals surface area contributed by atoms with Crippen molar-refractivity contribution in [1.29, 1.82) is 0 Å². The molecule has 3 fully saturated rings. The Kier molecular flexibility index (Phi) is 4.64. The van der Waals surface area contributed by atoms with Crippen molar-refractivity contribution in [2.24, 2.45) is 11.8 Å². The van der Waals surface area contributed by atoms with E-state index in [0.29, 0.717) is 11.8 Å². The molecule has 2 saturated carbocycles. The summed E-state index contributed by atoms with van der Waals surface area (Å²) in [6.45, 7) is 3.57. The summed E-state index contributed by atoms with van der Waals surface area (Å²) in [7, 11) is -3.39. The van der Waals surface area contributed by atoms with Crippen LogP contribution in [-0.2, 0) is 18.2 Å². The van der Waals surface area contributed by atoms with Crippen LogP contribution in [0.4, 0.5) is 0 Å². The summed E-state index contributed by atoms with van der Waals surface area (Å²) in [4.78, 5) is 0. The molecular formula is C15H26O4P2. The van der Waals surface area contributed by atoms with Gasteiger partial charge in [0.25, 0.3) is 0 Å². The van der Waals surface area contributed by atoms with Gasteiger partial charge in [-0.25, -0.2) is 4.57 Å². The lowest BCUT2D eigenvalue weighted by Gasteiger charge is -2.53. The number of rotatable bonds is 3. The second kappa shape index (κ2) is 6.04. The van der Waals surface area contributed by atoms with Gasteiger partial charge in [0.1, 0.15) is 0 Å². The fraction of sp³-hybridized carbons (Fsp3) is 1.00. The van der Waals surface area contributed by atoms with Crippen molar-refractivity contribution in [3.8, 4) is 0 Å². The Balaban J connectivity index is 1.95. The van der Waals surface area contributed by atoms with Gasteiger partial charge in [-0.15, -0.1) is 0 Å². The van der Waals surface area contributed by atoms with E-state index in [1.807, 2.05) is 0 Å². The maximum Gasteiger partial charge on any atom is 0.328 e. The third-order valence-corrected chi connectivity index (χ3v) is 10.2. The smallest absolute Gasteiger partial charge is 0.323 e. The van der Waals surface area contributed by atoms with Crippen LogP contribution in [0.5, 0.6) is 0 Å². The molecule has 0 bridgehead atoms. The van der Waals surface area contributed by atoms with Crippen LogP contribution in [0.25, 0.3) is 0 Å². The fourth-order valence-corrected chi connectivity index (χ4v) is 8.77. The molecular weight excluding hydrogens is 306 g/mol. The van der Waals surface area contributed by atoms with Crippen LogP contribution in [0.15, 0.2) is 0 Å². The van der Waals surface area contributed by atoms with Crippen molar-refractivity contribution in [1.82, 2.24) is 0 Å². The molecule has 0 radical (unpaired) electrons. The Bertz CT molecular complexity index is 451. The highest BCUT2D eigenvalue weighted by Gasteiger charge is 2.59. The first-order valence-corrected chi connectivity index (χ1v) is 10.7. The van der Waals surface area contributed by atoms with Crippen LogP contribution in [0, 0.1) is 11.8 Å². The Morgan fingerprint density at radius 1 is 1.05 bits per heavy atom. The molecule has 3 rings (SSSR count). The Labute approximate surface area is 129 Å². The van der Waals surface area contributed by atoms with Crippen molar-refractivity contribution in [3.63, 3.8) is 0 Å². The largest absolute Gasteiger partial charge is 0.328 e. The van der Waals surface area contributed by atoms with Gasteiger partial charge >= 0.3 is 8.69 Å². The molecule has 3 aliphatic rings. The monoisotopic (exact) mass is 332 g/mol. The summed E-state index contributed by atoms with van der Waals surface area (Å²) >= 11 is 0. The van der Waals surface area contributed by atoms with Crippen molar-refractivity contribution in [2.75, 3.05) is 0 Å². The fourth-order valence-electron chi connectivity index (χ4n) is 4.76. The number of fused-ring (bicyclic) bond motifs is 3. The molecule has 21 heavy (non-hydrogen) atoms. The van der Waals surface area contributed by atoms with Crippen LogP contribution in [0.3, 0.4) is 0 Å². The van der Waals surface area contributed by atoms with Gasteiger partial charge in [-0.1, -0.05) is 25.7 Å². The highest BCUT2D eigenvalue weighted by Crippen LogP contribution is 2.72. The van der Waals surface area contributed by atoms with Gasteiger partial charge in [-0.2, -0.15) is 0 Å². The van der Waals surface area contributed by atoms with Crippen LogP contribution in [0.2, 0.25) is 0 Å². The van der Waals surface area contributed by atoms with Gasteiger partial charge in [-0.3, -0.25) is 9.09 Å². The van der Waals surface area contributed by atoms with Gasteiger partial charge in [0, 0.05) is 5.66 Å². The number of hydrogen-bond acceptors (Lipinski definition) is 4. The SMILES string of the molecule is CC(C)(OP=O)P1(=O)OC2CCCCC2C2CCCCC21. The molecule has 1 aliphatic heterocycles. The van der Waals surface area contributed by atoms with Crippen LogP contribution in [0.1, 0.15) is 65.2 Å². The minimum Gasteiger partial charge on any atom is -0.323 e. The van der Waals surface area contributed by atoms with E-state index >= 15 is 0 Å². The van der Waals surface area contributed by atoms with Gasteiger partial charge < -0.3 is 4.52 Å². The summed E-state index contributed by atoms with van der Waals surface area (Å²) in [6, 6.07) is 0. The average Bonchev–Trinajstić information content (AvgIpc) is 2.47. The average molecular weight is 332 g/mol. The summed E-state index contributed by atoms with van der Waals surface area (Å²) in [5, 5.41) is -0.959. The molecule has 5 unspecified atom stereocenters. The van der Waals surface area contributed by atoms with Crippen molar-refractivity contribution < 1.29 is 18.2 Å². The molecule has 0 aromatic rings. The normalized spacial score (nSPS) is 44.1. The first-order chi connectivity index (χ1) is 9.99. The van der Waals surface area contributed by atoms with E-state index in [1.165, 1.54) is 32.1 Å². The third-order valence-electron chi connectivity index (χ3n) is 5.83. The van der Waals surface area contributed by atoms with Crippen LogP contribution >= 0.6 is 16.1 Å². The lowest BCUT2D eigenvalue weighted by molar-refractivity contribution is 0.00324. The predicted octanol–water partition coefficient (Wildman–Crippen LogP) is 5.37. The minimum atomic E-state index is -2.98. The zero-order valence-corrected chi connectivity index (χ0v) is 14.8. The lowest BCUT2D eigenvalue weighted by Crippen LogP contribution is -2.48. The van der Waals surface area contributed by atoms with E-state index in [-0.39, 0.29) is 11.8 Å². The molecule has 0 N–H and O–H groups in total.